The first-order valence-electron chi connectivity index (χ1n) is 4.98. The minimum Gasteiger partial charge on any atom is -0.480 e. The molecule has 1 aromatic heterocycles. The predicted octanol–water partition coefficient (Wildman–Crippen LogP) is 1.56. The van der Waals surface area contributed by atoms with Gasteiger partial charge in [-0.15, -0.1) is 0 Å². The fraction of sp³-hybridized carbons (Fsp3) is 0.222. The molecular formula is C9H8ClN3O4S2. The first-order chi connectivity index (χ1) is 8.83. The molecular weight excluding hydrogens is 314 g/mol. The molecule has 0 bridgehead atoms. The van der Waals surface area contributed by atoms with Gasteiger partial charge in [0, 0.05) is 0 Å². The first-order valence-corrected chi connectivity index (χ1v) is 7.63. The van der Waals surface area contributed by atoms with E-state index in [0.717, 1.165) is 18.7 Å². The van der Waals surface area contributed by atoms with Gasteiger partial charge >= 0.3 is 5.97 Å². The fourth-order valence-electron chi connectivity index (χ4n) is 1.29. The molecule has 0 fully saturated rings. The van der Waals surface area contributed by atoms with Crippen LogP contribution in [0.3, 0.4) is 0 Å². The Morgan fingerprint density at radius 2 is 2.16 bits per heavy atom. The molecule has 10 heteroatoms. The number of carbonyl (C=O) groups is 1. The van der Waals surface area contributed by atoms with Gasteiger partial charge in [-0.25, -0.2) is 8.42 Å². The number of carboxylic acids is 1. The van der Waals surface area contributed by atoms with Gasteiger partial charge in [0.15, 0.2) is 5.25 Å². The van der Waals surface area contributed by atoms with Gasteiger partial charge in [-0.1, -0.05) is 11.6 Å². The topological polar surface area (TPSA) is 109 Å². The van der Waals surface area contributed by atoms with Gasteiger partial charge in [-0.05, 0) is 19.1 Å². The summed E-state index contributed by atoms with van der Waals surface area (Å²) in [6, 6.07) is 3.06. The van der Waals surface area contributed by atoms with E-state index in [2.05, 4.69) is 13.5 Å². The van der Waals surface area contributed by atoms with Crippen LogP contribution in [-0.4, -0.2) is 33.5 Å². The normalized spacial score (nSPS) is 13.4. The molecule has 1 atom stereocenters. The maximum absolute atomic E-state index is 11.9. The SMILES string of the molecule is CC(C(=O)O)S(=O)(=O)Nc1c(Cl)ccc2nsnc12. The summed E-state index contributed by atoms with van der Waals surface area (Å²) in [5.74, 6) is -1.45. The third-order valence-electron chi connectivity index (χ3n) is 2.43. The zero-order valence-electron chi connectivity index (χ0n) is 9.49. The lowest BCUT2D eigenvalue weighted by Crippen LogP contribution is -2.32. The van der Waals surface area contributed by atoms with E-state index in [9.17, 15) is 13.2 Å². The maximum atomic E-state index is 11.9. The number of carboxylic acid groups (broad SMARTS) is 1. The number of nitrogens with zero attached hydrogens (tertiary/aromatic N) is 2. The average Bonchev–Trinajstić information content (AvgIpc) is 2.80. The van der Waals surface area contributed by atoms with E-state index in [1.54, 1.807) is 6.07 Å². The van der Waals surface area contributed by atoms with Crippen LogP contribution >= 0.6 is 23.3 Å². The second-order valence-corrected chi connectivity index (χ2v) is 6.62. The summed E-state index contributed by atoms with van der Waals surface area (Å²) >= 11 is 6.82. The van der Waals surface area contributed by atoms with Crippen LogP contribution in [0, 0.1) is 0 Å². The van der Waals surface area contributed by atoms with E-state index in [1.165, 1.54) is 6.07 Å². The quantitative estimate of drug-likeness (QED) is 0.884. The number of hydrogen-bond acceptors (Lipinski definition) is 6. The van der Waals surface area contributed by atoms with E-state index >= 15 is 0 Å². The Bertz CT molecular complexity index is 743. The number of benzene rings is 1. The van der Waals surface area contributed by atoms with Crippen molar-refractivity contribution in [2.75, 3.05) is 4.72 Å². The van der Waals surface area contributed by atoms with Crippen molar-refractivity contribution in [1.82, 2.24) is 8.75 Å². The molecule has 0 aliphatic rings. The minimum absolute atomic E-state index is 0.0426. The van der Waals surface area contributed by atoms with E-state index < -0.39 is 21.2 Å². The number of fused-ring (bicyclic) bond motifs is 1. The Kier molecular flexibility index (Phi) is 3.61. The van der Waals surface area contributed by atoms with Crippen LogP contribution in [0.1, 0.15) is 6.92 Å². The number of aliphatic carboxylic acids is 1. The van der Waals surface area contributed by atoms with Gasteiger partial charge in [-0.2, -0.15) is 8.75 Å². The highest BCUT2D eigenvalue weighted by Gasteiger charge is 2.29. The van der Waals surface area contributed by atoms with E-state index in [1.807, 2.05) is 0 Å². The minimum atomic E-state index is -4.10. The van der Waals surface area contributed by atoms with Crippen molar-refractivity contribution in [3.63, 3.8) is 0 Å². The van der Waals surface area contributed by atoms with Crippen molar-refractivity contribution < 1.29 is 18.3 Å². The van der Waals surface area contributed by atoms with Crippen molar-refractivity contribution in [1.29, 1.82) is 0 Å². The first kappa shape index (κ1) is 14.0. The predicted molar refractivity (Wildman–Crippen MR) is 72.1 cm³/mol. The molecule has 2 aromatic rings. The zero-order valence-corrected chi connectivity index (χ0v) is 11.9. The molecule has 2 rings (SSSR count). The van der Waals surface area contributed by atoms with Gasteiger partial charge in [0.1, 0.15) is 11.0 Å². The lowest BCUT2D eigenvalue weighted by molar-refractivity contribution is -0.136. The van der Waals surface area contributed by atoms with Crippen molar-refractivity contribution in [2.45, 2.75) is 12.2 Å². The van der Waals surface area contributed by atoms with Crippen LogP contribution in [0.4, 0.5) is 5.69 Å². The van der Waals surface area contributed by atoms with Crippen molar-refractivity contribution in [3.8, 4) is 0 Å². The molecule has 0 saturated carbocycles. The lowest BCUT2D eigenvalue weighted by Gasteiger charge is -2.12. The molecule has 1 heterocycles. The smallest absolute Gasteiger partial charge is 0.323 e. The van der Waals surface area contributed by atoms with E-state index in [4.69, 9.17) is 16.7 Å². The highest BCUT2D eigenvalue weighted by Crippen LogP contribution is 2.31. The summed E-state index contributed by atoms with van der Waals surface area (Å²) in [4.78, 5) is 10.8. The number of nitrogens with one attached hydrogen (secondary N) is 1. The second-order valence-electron chi connectivity index (χ2n) is 3.68. The number of aromatic nitrogens is 2. The van der Waals surface area contributed by atoms with Crippen LogP contribution < -0.4 is 4.72 Å². The second kappa shape index (κ2) is 4.91. The van der Waals surface area contributed by atoms with Gasteiger partial charge in [0.25, 0.3) is 0 Å². The van der Waals surface area contributed by atoms with Gasteiger partial charge in [0.05, 0.1) is 22.4 Å². The Morgan fingerprint density at radius 3 is 2.79 bits per heavy atom. The summed E-state index contributed by atoms with van der Waals surface area (Å²) in [5.41, 5.74) is 0.815. The van der Waals surface area contributed by atoms with Crippen LogP contribution in [0.15, 0.2) is 12.1 Å². The molecule has 1 aromatic carbocycles. The fourth-order valence-corrected chi connectivity index (χ4v) is 3.02. The lowest BCUT2D eigenvalue weighted by atomic mass is 10.3. The van der Waals surface area contributed by atoms with Gasteiger partial charge in [-0.3, -0.25) is 9.52 Å². The van der Waals surface area contributed by atoms with Gasteiger partial charge < -0.3 is 5.11 Å². The molecule has 0 aliphatic carbocycles. The third kappa shape index (κ3) is 2.62. The number of hydrogen-bond donors (Lipinski definition) is 2. The largest absolute Gasteiger partial charge is 0.480 e. The van der Waals surface area contributed by atoms with Crippen molar-refractivity contribution in [3.05, 3.63) is 17.2 Å². The zero-order chi connectivity index (χ0) is 14.2. The summed E-state index contributed by atoms with van der Waals surface area (Å²) in [6.07, 6.45) is 0. The molecule has 0 amide bonds. The molecule has 7 nitrogen and oxygen atoms in total. The molecule has 0 aliphatic heterocycles. The summed E-state index contributed by atoms with van der Waals surface area (Å²) in [6.45, 7) is 1.07. The standard InChI is InChI=1S/C9H8ClN3O4S2/c1-4(9(14)15)19(16,17)13-7-5(10)2-3-6-8(7)12-18-11-6/h2-4,13H,1H3,(H,14,15). The Balaban J connectivity index is 2.49. The average molecular weight is 322 g/mol. The van der Waals surface area contributed by atoms with Crippen LogP contribution in [0.2, 0.25) is 5.02 Å². The van der Waals surface area contributed by atoms with E-state index in [0.29, 0.717) is 11.0 Å². The Morgan fingerprint density at radius 1 is 1.47 bits per heavy atom. The highest BCUT2D eigenvalue weighted by molar-refractivity contribution is 7.94. The molecule has 0 saturated heterocycles. The molecule has 0 radical (unpaired) electrons. The molecule has 2 N–H and O–H groups in total. The molecule has 102 valence electrons. The van der Waals surface area contributed by atoms with Crippen LogP contribution in [0.5, 0.6) is 0 Å². The number of rotatable bonds is 4. The molecule has 19 heavy (non-hydrogen) atoms. The number of anilines is 1. The highest BCUT2D eigenvalue weighted by atomic mass is 35.5. The number of halogens is 1. The number of sulfonamides is 1. The molecule has 0 spiro atoms. The monoisotopic (exact) mass is 321 g/mol. The van der Waals surface area contributed by atoms with Crippen LogP contribution in [-0.2, 0) is 14.8 Å². The Labute approximate surface area is 117 Å². The Hall–Kier alpha value is -1.45. The van der Waals surface area contributed by atoms with Crippen molar-refractivity contribution in [2.24, 2.45) is 0 Å². The third-order valence-corrected chi connectivity index (χ3v) is 4.91. The molecule has 1 unspecified atom stereocenters. The van der Waals surface area contributed by atoms with E-state index in [-0.39, 0.29) is 10.7 Å². The maximum Gasteiger partial charge on any atom is 0.323 e. The van der Waals surface area contributed by atoms with Gasteiger partial charge in [0.2, 0.25) is 10.0 Å². The summed E-state index contributed by atoms with van der Waals surface area (Å²) in [5, 5.41) is 7.28. The summed E-state index contributed by atoms with van der Waals surface area (Å²) in [7, 11) is -4.10. The van der Waals surface area contributed by atoms with Crippen molar-refractivity contribution >= 4 is 56.0 Å². The van der Waals surface area contributed by atoms with Crippen LogP contribution in [0.25, 0.3) is 11.0 Å². The summed E-state index contributed by atoms with van der Waals surface area (Å²) < 4.78 is 33.8.